The lowest BCUT2D eigenvalue weighted by molar-refractivity contribution is -0.133. The third-order valence-corrected chi connectivity index (χ3v) is 4.43. The molecule has 1 saturated heterocycles. The summed E-state index contributed by atoms with van der Waals surface area (Å²) in [5.74, 6) is -0.236. The van der Waals surface area contributed by atoms with Gasteiger partial charge in [0.25, 0.3) is 0 Å². The minimum Gasteiger partial charge on any atom is -0.339 e. The molecule has 1 aliphatic heterocycles. The molecule has 0 saturated carbocycles. The maximum atomic E-state index is 13.3. The van der Waals surface area contributed by atoms with Crippen LogP contribution in [0.25, 0.3) is 0 Å². The molecule has 0 radical (unpaired) electrons. The number of benzene rings is 2. The lowest BCUT2D eigenvalue weighted by Gasteiger charge is -2.39. The number of nitrogens with zero attached hydrogens (tertiary/aromatic N) is 2. The summed E-state index contributed by atoms with van der Waals surface area (Å²) in [4.78, 5) is 16.7. The number of halogens is 1. The smallest absolute Gasteiger partial charge is 0.227 e. The quantitative estimate of drug-likeness (QED) is 0.870. The molecule has 23 heavy (non-hydrogen) atoms. The monoisotopic (exact) mass is 312 g/mol. The Bertz CT molecular complexity index is 674. The molecule has 120 valence electrons. The van der Waals surface area contributed by atoms with E-state index < -0.39 is 0 Å². The van der Waals surface area contributed by atoms with Crippen molar-refractivity contribution in [3.8, 4) is 0 Å². The Kier molecular flexibility index (Phi) is 4.72. The Hall–Kier alpha value is -2.20. The fourth-order valence-electron chi connectivity index (χ4n) is 3.07. The third-order valence-electron chi connectivity index (χ3n) is 4.43. The van der Waals surface area contributed by atoms with Crippen molar-refractivity contribution >= 4 is 5.91 Å². The summed E-state index contributed by atoms with van der Waals surface area (Å²) in [7, 11) is 2.09. The Morgan fingerprint density at radius 3 is 2.65 bits per heavy atom. The highest BCUT2D eigenvalue weighted by molar-refractivity contribution is 5.79. The normalized spacial score (nSPS) is 18.9. The molecule has 1 unspecified atom stereocenters. The SMILES string of the molecule is CN1CCN(C(=O)Cc2cccc(F)c2)CC1c1ccccc1. The zero-order valence-electron chi connectivity index (χ0n) is 13.3. The molecule has 0 bridgehead atoms. The van der Waals surface area contributed by atoms with Crippen molar-refractivity contribution in [1.29, 1.82) is 0 Å². The summed E-state index contributed by atoms with van der Waals surface area (Å²) in [5, 5.41) is 0. The number of rotatable bonds is 3. The van der Waals surface area contributed by atoms with Gasteiger partial charge in [0.2, 0.25) is 5.91 Å². The number of likely N-dealkylation sites (N-methyl/N-ethyl adjacent to an activating group) is 1. The first-order chi connectivity index (χ1) is 11.1. The minimum absolute atomic E-state index is 0.0598. The van der Waals surface area contributed by atoms with Crippen molar-refractivity contribution in [2.24, 2.45) is 0 Å². The van der Waals surface area contributed by atoms with E-state index in [1.165, 1.54) is 17.7 Å². The molecule has 2 aromatic carbocycles. The summed E-state index contributed by atoms with van der Waals surface area (Å²) < 4.78 is 13.3. The van der Waals surface area contributed by atoms with Crippen LogP contribution in [0, 0.1) is 5.82 Å². The second kappa shape index (κ2) is 6.92. The summed E-state index contributed by atoms with van der Waals surface area (Å²) in [6.45, 7) is 2.23. The minimum atomic E-state index is -0.296. The predicted molar refractivity (Wildman–Crippen MR) is 88.5 cm³/mol. The van der Waals surface area contributed by atoms with Gasteiger partial charge in [0.15, 0.2) is 0 Å². The van der Waals surface area contributed by atoms with Crippen molar-refractivity contribution in [1.82, 2.24) is 9.80 Å². The van der Waals surface area contributed by atoms with Crippen LogP contribution in [0.1, 0.15) is 17.2 Å². The maximum absolute atomic E-state index is 13.3. The molecule has 1 amide bonds. The third kappa shape index (κ3) is 3.77. The van der Waals surface area contributed by atoms with Gasteiger partial charge in [0, 0.05) is 19.6 Å². The number of carbonyl (C=O) groups is 1. The molecule has 1 aliphatic rings. The second-order valence-corrected chi connectivity index (χ2v) is 6.05. The highest BCUT2D eigenvalue weighted by atomic mass is 19.1. The fourth-order valence-corrected chi connectivity index (χ4v) is 3.07. The van der Waals surface area contributed by atoms with Crippen LogP contribution in [0.5, 0.6) is 0 Å². The molecule has 0 aliphatic carbocycles. The molecule has 1 fully saturated rings. The van der Waals surface area contributed by atoms with Gasteiger partial charge in [-0.1, -0.05) is 42.5 Å². The van der Waals surface area contributed by atoms with Gasteiger partial charge in [-0.15, -0.1) is 0 Å². The van der Waals surface area contributed by atoms with E-state index in [-0.39, 0.29) is 24.2 Å². The van der Waals surface area contributed by atoms with Crippen molar-refractivity contribution < 1.29 is 9.18 Å². The maximum Gasteiger partial charge on any atom is 0.227 e. The van der Waals surface area contributed by atoms with Crippen molar-refractivity contribution in [2.45, 2.75) is 12.5 Å². The van der Waals surface area contributed by atoms with Crippen molar-refractivity contribution in [3.05, 3.63) is 71.5 Å². The van der Waals surface area contributed by atoms with Gasteiger partial charge in [-0.2, -0.15) is 0 Å². The first kappa shape index (κ1) is 15.7. The van der Waals surface area contributed by atoms with Crippen LogP contribution in [0.2, 0.25) is 0 Å². The average Bonchev–Trinajstić information content (AvgIpc) is 2.56. The van der Waals surface area contributed by atoms with Gasteiger partial charge in [0.1, 0.15) is 5.82 Å². The van der Waals surface area contributed by atoms with E-state index in [4.69, 9.17) is 0 Å². The molecule has 2 aromatic rings. The summed E-state index contributed by atoms with van der Waals surface area (Å²) in [6, 6.07) is 16.7. The van der Waals surface area contributed by atoms with Crippen molar-refractivity contribution in [3.63, 3.8) is 0 Å². The molecule has 3 nitrogen and oxygen atoms in total. The standard InChI is InChI=1S/C19H21FN2O/c1-21-10-11-22(14-18(21)16-7-3-2-4-8-16)19(23)13-15-6-5-9-17(20)12-15/h2-9,12,18H,10-11,13-14H2,1H3. The molecule has 1 atom stereocenters. The Balaban J connectivity index is 1.69. The molecular formula is C19H21FN2O. The van der Waals surface area contributed by atoms with Gasteiger partial charge in [-0.05, 0) is 30.3 Å². The molecule has 4 heteroatoms. The van der Waals surface area contributed by atoms with E-state index in [2.05, 4.69) is 24.1 Å². The lowest BCUT2D eigenvalue weighted by atomic mass is 10.0. The average molecular weight is 312 g/mol. The van der Waals surface area contributed by atoms with Crippen molar-refractivity contribution in [2.75, 3.05) is 26.7 Å². The topological polar surface area (TPSA) is 23.6 Å². The molecule has 1 heterocycles. The predicted octanol–water partition coefficient (Wildman–Crippen LogP) is 2.88. The summed E-state index contributed by atoms with van der Waals surface area (Å²) in [5.41, 5.74) is 1.95. The number of carbonyl (C=O) groups excluding carboxylic acids is 1. The van der Waals surface area contributed by atoms with Gasteiger partial charge in [0.05, 0.1) is 12.5 Å². The van der Waals surface area contributed by atoms with Gasteiger partial charge in [-0.25, -0.2) is 4.39 Å². The number of amides is 1. The molecule has 0 N–H and O–H groups in total. The van der Waals surface area contributed by atoms with Crippen LogP contribution in [0.4, 0.5) is 4.39 Å². The first-order valence-corrected chi connectivity index (χ1v) is 7.91. The van der Waals surface area contributed by atoms with Gasteiger partial charge in [-0.3, -0.25) is 9.69 Å². The summed E-state index contributed by atoms with van der Waals surface area (Å²) >= 11 is 0. The summed E-state index contributed by atoms with van der Waals surface area (Å²) in [6.07, 6.45) is 0.253. The highest BCUT2D eigenvalue weighted by Crippen LogP contribution is 2.24. The van der Waals surface area contributed by atoms with Crippen LogP contribution in [-0.2, 0) is 11.2 Å². The zero-order chi connectivity index (χ0) is 16.2. The molecular weight excluding hydrogens is 291 g/mol. The first-order valence-electron chi connectivity index (χ1n) is 7.91. The zero-order valence-corrected chi connectivity index (χ0v) is 13.3. The van der Waals surface area contributed by atoms with E-state index in [1.54, 1.807) is 12.1 Å². The van der Waals surface area contributed by atoms with Gasteiger partial charge >= 0.3 is 0 Å². The second-order valence-electron chi connectivity index (χ2n) is 6.05. The molecule has 3 rings (SSSR count). The fraction of sp³-hybridized carbons (Fsp3) is 0.316. The van der Waals surface area contributed by atoms with E-state index >= 15 is 0 Å². The molecule has 0 spiro atoms. The highest BCUT2D eigenvalue weighted by Gasteiger charge is 2.28. The van der Waals surface area contributed by atoms with Crippen LogP contribution in [0.15, 0.2) is 54.6 Å². The van der Waals surface area contributed by atoms with E-state index in [0.29, 0.717) is 13.1 Å². The molecule has 0 aromatic heterocycles. The Morgan fingerprint density at radius 1 is 1.13 bits per heavy atom. The largest absolute Gasteiger partial charge is 0.339 e. The van der Waals surface area contributed by atoms with Crippen LogP contribution < -0.4 is 0 Å². The Labute approximate surface area is 136 Å². The van der Waals surface area contributed by atoms with E-state index in [0.717, 1.165) is 12.1 Å². The number of hydrogen-bond acceptors (Lipinski definition) is 2. The number of hydrogen-bond donors (Lipinski definition) is 0. The van der Waals surface area contributed by atoms with Crippen LogP contribution in [-0.4, -0.2) is 42.4 Å². The van der Waals surface area contributed by atoms with E-state index in [9.17, 15) is 9.18 Å². The van der Waals surface area contributed by atoms with Crippen LogP contribution in [0.3, 0.4) is 0 Å². The van der Waals surface area contributed by atoms with E-state index in [1.807, 2.05) is 23.1 Å². The van der Waals surface area contributed by atoms with Gasteiger partial charge < -0.3 is 4.90 Å². The Morgan fingerprint density at radius 2 is 1.91 bits per heavy atom. The van der Waals surface area contributed by atoms with Crippen LogP contribution >= 0.6 is 0 Å². The lowest BCUT2D eigenvalue weighted by Crippen LogP contribution is -2.49. The number of piperazine rings is 1.